The monoisotopic (exact) mass is 304 g/mol. The van der Waals surface area contributed by atoms with Crippen molar-refractivity contribution >= 4 is 23.7 Å². The summed E-state index contributed by atoms with van der Waals surface area (Å²) in [6, 6.07) is 13.5. The number of halogens is 1. The highest BCUT2D eigenvalue weighted by atomic mass is 35.5. The normalized spacial score (nSPS) is 10.5. The molecule has 2 N–H and O–H groups in total. The number of carbonyl (C=O) groups excluding carboxylic acids is 1. The molecule has 21 heavy (non-hydrogen) atoms. The number of amides is 1. The van der Waals surface area contributed by atoms with Crippen molar-refractivity contribution in [3.05, 3.63) is 59.1 Å². The predicted octanol–water partition coefficient (Wildman–Crippen LogP) is 2.57. The molecule has 0 atom stereocenters. The van der Waals surface area contributed by atoms with Crippen LogP contribution < -0.4 is 10.2 Å². The number of hydrogen-bond donors (Lipinski definition) is 2. The van der Waals surface area contributed by atoms with Crippen LogP contribution >= 0.6 is 11.6 Å². The third-order valence-corrected chi connectivity index (χ3v) is 2.84. The number of aromatic hydroxyl groups is 1. The molecule has 0 aliphatic rings. The summed E-state index contributed by atoms with van der Waals surface area (Å²) in [5.41, 5.74) is 2.80. The minimum atomic E-state index is -0.429. The molecular weight excluding hydrogens is 292 g/mol. The van der Waals surface area contributed by atoms with Gasteiger partial charge in [0.05, 0.1) is 11.2 Å². The number of para-hydroxylation sites is 2. The third-order valence-electron chi connectivity index (χ3n) is 2.53. The van der Waals surface area contributed by atoms with Gasteiger partial charge < -0.3 is 9.84 Å². The van der Waals surface area contributed by atoms with E-state index in [9.17, 15) is 9.90 Å². The summed E-state index contributed by atoms with van der Waals surface area (Å²) in [5.74, 6) is 0.0865. The number of ether oxygens (including phenoxy) is 1. The Hall–Kier alpha value is -2.53. The van der Waals surface area contributed by atoms with Gasteiger partial charge in [-0.25, -0.2) is 5.43 Å². The number of benzene rings is 2. The average molecular weight is 305 g/mol. The maximum absolute atomic E-state index is 11.5. The minimum absolute atomic E-state index is 0.0859. The van der Waals surface area contributed by atoms with Gasteiger partial charge in [0.2, 0.25) is 0 Å². The maximum atomic E-state index is 11.5. The number of hydrazone groups is 1. The first-order valence-electron chi connectivity index (χ1n) is 6.14. The van der Waals surface area contributed by atoms with Crippen LogP contribution in [0.15, 0.2) is 53.6 Å². The summed E-state index contributed by atoms with van der Waals surface area (Å²) in [6.07, 6.45) is 1.35. The molecule has 2 rings (SSSR count). The Morgan fingerprint density at radius 2 is 1.95 bits per heavy atom. The zero-order valence-corrected chi connectivity index (χ0v) is 11.7. The molecule has 108 valence electrons. The number of nitrogens with one attached hydrogen (secondary N) is 1. The van der Waals surface area contributed by atoms with Crippen molar-refractivity contribution in [1.82, 2.24) is 5.43 Å². The molecule has 0 bridgehead atoms. The second-order valence-corrected chi connectivity index (χ2v) is 4.48. The topological polar surface area (TPSA) is 70.9 Å². The molecule has 6 heteroatoms. The highest BCUT2D eigenvalue weighted by Crippen LogP contribution is 2.22. The molecule has 0 saturated carbocycles. The summed E-state index contributed by atoms with van der Waals surface area (Å²) in [4.78, 5) is 11.5. The molecule has 1 amide bonds. The quantitative estimate of drug-likeness (QED) is 0.659. The smallest absolute Gasteiger partial charge is 0.277 e. The molecule has 0 aliphatic heterocycles. The van der Waals surface area contributed by atoms with E-state index in [0.717, 1.165) is 0 Å². The van der Waals surface area contributed by atoms with Gasteiger partial charge in [-0.15, -0.1) is 0 Å². The van der Waals surface area contributed by atoms with E-state index >= 15 is 0 Å². The highest BCUT2D eigenvalue weighted by molar-refractivity contribution is 6.32. The molecule has 5 nitrogen and oxygen atoms in total. The lowest BCUT2D eigenvalue weighted by atomic mass is 10.2. The molecule has 0 aromatic heterocycles. The molecule has 0 saturated heterocycles. The van der Waals surface area contributed by atoms with Crippen LogP contribution in [0.5, 0.6) is 11.5 Å². The van der Waals surface area contributed by atoms with Gasteiger partial charge in [-0.2, -0.15) is 5.10 Å². The molecule has 0 heterocycles. The fourth-order valence-corrected chi connectivity index (χ4v) is 1.70. The number of phenolic OH excluding ortho intramolecular Hbond substituents is 1. The Labute approximate surface area is 126 Å². The molecular formula is C15H13ClN2O3. The lowest BCUT2D eigenvalue weighted by Gasteiger charge is -2.06. The Bertz CT molecular complexity index is 659. The SMILES string of the molecule is O=C(COc1ccccc1Cl)N/N=C/c1ccccc1O. The Morgan fingerprint density at radius 3 is 2.71 bits per heavy atom. The summed E-state index contributed by atoms with van der Waals surface area (Å²) >= 11 is 5.90. The first-order chi connectivity index (χ1) is 10.2. The second kappa shape index (κ2) is 7.31. The lowest BCUT2D eigenvalue weighted by molar-refractivity contribution is -0.123. The second-order valence-electron chi connectivity index (χ2n) is 4.07. The Kier molecular flexibility index (Phi) is 5.17. The summed E-state index contributed by atoms with van der Waals surface area (Å²) < 4.78 is 5.26. The van der Waals surface area contributed by atoms with E-state index in [0.29, 0.717) is 16.3 Å². The number of carbonyl (C=O) groups is 1. The molecule has 2 aromatic rings. The van der Waals surface area contributed by atoms with E-state index < -0.39 is 5.91 Å². The van der Waals surface area contributed by atoms with Crippen molar-refractivity contribution in [3.8, 4) is 11.5 Å². The highest BCUT2D eigenvalue weighted by Gasteiger charge is 2.04. The number of rotatable bonds is 5. The molecule has 0 aliphatic carbocycles. The largest absolute Gasteiger partial charge is 0.507 e. The van der Waals surface area contributed by atoms with Crippen LogP contribution in [0.25, 0.3) is 0 Å². The van der Waals surface area contributed by atoms with Gasteiger partial charge in [0.25, 0.3) is 5.91 Å². The van der Waals surface area contributed by atoms with Gasteiger partial charge >= 0.3 is 0 Å². The first-order valence-corrected chi connectivity index (χ1v) is 6.52. The molecule has 0 fully saturated rings. The fraction of sp³-hybridized carbons (Fsp3) is 0.0667. The van der Waals surface area contributed by atoms with Crippen molar-refractivity contribution in [2.24, 2.45) is 5.10 Å². The fourth-order valence-electron chi connectivity index (χ4n) is 1.51. The van der Waals surface area contributed by atoms with Crippen LogP contribution in [0.4, 0.5) is 0 Å². The van der Waals surface area contributed by atoms with E-state index in [1.165, 1.54) is 12.3 Å². The number of phenols is 1. The number of hydrogen-bond acceptors (Lipinski definition) is 4. The van der Waals surface area contributed by atoms with Gasteiger partial charge in [0.15, 0.2) is 6.61 Å². The summed E-state index contributed by atoms with van der Waals surface area (Å²) in [5, 5.41) is 13.7. The van der Waals surface area contributed by atoms with E-state index in [-0.39, 0.29) is 12.4 Å². The van der Waals surface area contributed by atoms with Gasteiger partial charge in [0, 0.05) is 5.56 Å². The first kappa shape index (κ1) is 14.9. The Balaban J connectivity index is 1.83. The molecule has 0 radical (unpaired) electrons. The van der Waals surface area contributed by atoms with Crippen molar-refractivity contribution < 1.29 is 14.6 Å². The van der Waals surface area contributed by atoms with Crippen molar-refractivity contribution in [3.63, 3.8) is 0 Å². The van der Waals surface area contributed by atoms with Crippen LogP contribution in [-0.4, -0.2) is 23.8 Å². The average Bonchev–Trinajstić information content (AvgIpc) is 2.48. The maximum Gasteiger partial charge on any atom is 0.277 e. The molecule has 0 spiro atoms. The van der Waals surface area contributed by atoms with Crippen LogP contribution in [0.2, 0.25) is 5.02 Å². The lowest BCUT2D eigenvalue weighted by Crippen LogP contribution is -2.24. The van der Waals surface area contributed by atoms with Gasteiger partial charge in [0.1, 0.15) is 11.5 Å². The van der Waals surface area contributed by atoms with Crippen molar-refractivity contribution in [1.29, 1.82) is 0 Å². The van der Waals surface area contributed by atoms with Gasteiger partial charge in [-0.1, -0.05) is 35.9 Å². The van der Waals surface area contributed by atoms with Crippen LogP contribution in [0, 0.1) is 0 Å². The summed E-state index contributed by atoms with van der Waals surface area (Å²) in [6.45, 7) is -0.207. The van der Waals surface area contributed by atoms with Crippen LogP contribution in [-0.2, 0) is 4.79 Å². The van der Waals surface area contributed by atoms with Crippen molar-refractivity contribution in [2.75, 3.05) is 6.61 Å². The third kappa shape index (κ3) is 4.50. The van der Waals surface area contributed by atoms with Crippen LogP contribution in [0.1, 0.15) is 5.56 Å². The molecule has 0 unspecified atom stereocenters. The standard InChI is InChI=1S/C15H13ClN2O3/c16-12-6-2-4-8-14(12)21-10-15(20)18-17-9-11-5-1-3-7-13(11)19/h1-9,19H,10H2,(H,18,20)/b17-9+. The Morgan fingerprint density at radius 1 is 1.24 bits per heavy atom. The number of nitrogens with zero attached hydrogens (tertiary/aromatic N) is 1. The van der Waals surface area contributed by atoms with E-state index in [4.69, 9.17) is 16.3 Å². The summed E-state index contributed by atoms with van der Waals surface area (Å²) in [7, 11) is 0. The van der Waals surface area contributed by atoms with Crippen molar-refractivity contribution in [2.45, 2.75) is 0 Å². The van der Waals surface area contributed by atoms with Crippen LogP contribution in [0.3, 0.4) is 0 Å². The minimum Gasteiger partial charge on any atom is -0.507 e. The zero-order chi connectivity index (χ0) is 15.1. The van der Waals surface area contributed by atoms with E-state index in [1.54, 1.807) is 42.5 Å². The zero-order valence-electron chi connectivity index (χ0n) is 11.0. The van der Waals surface area contributed by atoms with Gasteiger partial charge in [-0.3, -0.25) is 4.79 Å². The van der Waals surface area contributed by atoms with Gasteiger partial charge in [-0.05, 0) is 24.3 Å². The van der Waals surface area contributed by atoms with E-state index in [1.807, 2.05) is 0 Å². The van der Waals surface area contributed by atoms with E-state index in [2.05, 4.69) is 10.5 Å². The predicted molar refractivity (Wildman–Crippen MR) is 80.8 cm³/mol. The molecule has 2 aromatic carbocycles.